The quantitative estimate of drug-likeness (QED) is 0.615. The van der Waals surface area contributed by atoms with Gasteiger partial charge in [-0.3, -0.25) is 0 Å². The first-order chi connectivity index (χ1) is 5.59. The van der Waals surface area contributed by atoms with Gasteiger partial charge in [-0.2, -0.15) is 0 Å². The lowest BCUT2D eigenvalue weighted by Crippen LogP contribution is -1.99. The number of halogens is 1. The van der Waals surface area contributed by atoms with Gasteiger partial charge in [-0.05, 0) is 38.3 Å². The number of hydrogen-bond acceptors (Lipinski definition) is 0. The Balaban J connectivity index is 2.86. The molecule has 1 rings (SSSR count). The summed E-state index contributed by atoms with van der Waals surface area (Å²) in [7, 11) is 0. The van der Waals surface area contributed by atoms with Gasteiger partial charge in [0.2, 0.25) is 0 Å². The third-order valence-corrected chi connectivity index (χ3v) is 2.15. The average Bonchev–Trinajstić information content (AvgIpc) is 1.94. The van der Waals surface area contributed by atoms with Crippen molar-refractivity contribution in [3.63, 3.8) is 0 Å². The highest BCUT2D eigenvalue weighted by molar-refractivity contribution is 6.20. The highest BCUT2D eigenvalue weighted by Crippen LogP contribution is 2.14. The van der Waals surface area contributed by atoms with Gasteiger partial charge in [0.25, 0.3) is 0 Å². The Morgan fingerprint density at radius 1 is 1.33 bits per heavy atom. The molecule has 0 saturated carbocycles. The number of alkyl halides is 1. The summed E-state index contributed by atoms with van der Waals surface area (Å²) in [6.07, 6.45) is 0.966. The molecule has 1 heteroatoms. The van der Waals surface area contributed by atoms with E-state index in [1.165, 1.54) is 16.7 Å². The van der Waals surface area contributed by atoms with Crippen molar-refractivity contribution < 1.29 is 0 Å². The van der Waals surface area contributed by atoms with E-state index in [1.807, 2.05) is 6.92 Å². The molecule has 0 aliphatic heterocycles. The van der Waals surface area contributed by atoms with E-state index in [9.17, 15) is 0 Å². The molecule has 0 amide bonds. The van der Waals surface area contributed by atoms with Crippen molar-refractivity contribution in [2.45, 2.75) is 32.6 Å². The molecule has 12 heavy (non-hydrogen) atoms. The van der Waals surface area contributed by atoms with Crippen molar-refractivity contribution in [3.05, 3.63) is 34.9 Å². The maximum absolute atomic E-state index is 5.92. The molecule has 1 atom stereocenters. The highest BCUT2D eigenvalue weighted by Gasteiger charge is 2.01. The molecule has 66 valence electrons. The molecule has 0 aliphatic rings. The van der Waals surface area contributed by atoms with Crippen LogP contribution in [0.3, 0.4) is 0 Å². The van der Waals surface area contributed by atoms with Gasteiger partial charge in [0, 0.05) is 5.38 Å². The zero-order chi connectivity index (χ0) is 9.14. The summed E-state index contributed by atoms with van der Waals surface area (Å²) in [4.78, 5) is 0. The van der Waals surface area contributed by atoms with Gasteiger partial charge in [-0.25, -0.2) is 0 Å². The summed E-state index contributed by atoms with van der Waals surface area (Å²) in [5.41, 5.74) is 4.03. The molecule has 0 heterocycles. The fourth-order valence-electron chi connectivity index (χ4n) is 1.38. The van der Waals surface area contributed by atoms with Crippen molar-refractivity contribution >= 4 is 11.6 Å². The number of rotatable bonds is 2. The van der Waals surface area contributed by atoms with Crippen LogP contribution in [0.5, 0.6) is 0 Å². The van der Waals surface area contributed by atoms with Crippen molar-refractivity contribution in [1.82, 2.24) is 0 Å². The van der Waals surface area contributed by atoms with Crippen LogP contribution in [0.4, 0.5) is 0 Å². The van der Waals surface area contributed by atoms with Crippen LogP contribution in [0, 0.1) is 13.8 Å². The molecular weight excluding hydrogens is 168 g/mol. The second-order valence-corrected chi connectivity index (χ2v) is 4.16. The van der Waals surface area contributed by atoms with E-state index in [4.69, 9.17) is 11.6 Å². The average molecular weight is 183 g/mol. The van der Waals surface area contributed by atoms with Gasteiger partial charge in [0.15, 0.2) is 0 Å². The third-order valence-electron chi connectivity index (χ3n) is 2.00. The Kier molecular flexibility index (Phi) is 3.16. The monoisotopic (exact) mass is 182 g/mol. The molecule has 0 nitrogen and oxygen atoms in total. The van der Waals surface area contributed by atoms with Crippen LogP contribution in [0.2, 0.25) is 0 Å². The number of benzene rings is 1. The Bertz CT molecular complexity index is 264. The summed E-state index contributed by atoms with van der Waals surface area (Å²) >= 11 is 5.92. The molecule has 0 N–H and O–H groups in total. The van der Waals surface area contributed by atoms with E-state index >= 15 is 0 Å². The molecule has 1 aromatic rings. The van der Waals surface area contributed by atoms with Crippen LogP contribution < -0.4 is 0 Å². The Morgan fingerprint density at radius 3 is 2.50 bits per heavy atom. The van der Waals surface area contributed by atoms with Gasteiger partial charge in [0.05, 0.1) is 0 Å². The lowest BCUT2D eigenvalue weighted by atomic mass is 10.0. The zero-order valence-electron chi connectivity index (χ0n) is 7.89. The van der Waals surface area contributed by atoms with Gasteiger partial charge in [-0.15, -0.1) is 11.6 Å². The van der Waals surface area contributed by atoms with Crippen LogP contribution in [0.1, 0.15) is 23.6 Å². The first-order valence-electron chi connectivity index (χ1n) is 4.30. The lowest BCUT2D eigenvalue weighted by molar-refractivity contribution is 0.921. The molecule has 0 spiro atoms. The van der Waals surface area contributed by atoms with Crippen molar-refractivity contribution in [1.29, 1.82) is 0 Å². The number of hydrogen-bond donors (Lipinski definition) is 0. The Labute approximate surface area is 79.6 Å². The molecule has 0 radical (unpaired) electrons. The summed E-state index contributed by atoms with van der Waals surface area (Å²) in [5.74, 6) is 0. The van der Waals surface area contributed by atoms with Crippen molar-refractivity contribution in [2.75, 3.05) is 0 Å². The van der Waals surface area contributed by atoms with Gasteiger partial charge >= 0.3 is 0 Å². The summed E-state index contributed by atoms with van der Waals surface area (Å²) in [6.45, 7) is 6.28. The van der Waals surface area contributed by atoms with E-state index in [0.717, 1.165) is 6.42 Å². The van der Waals surface area contributed by atoms with E-state index in [2.05, 4.69) is 32.0 Å². The predicted molar refractivity (Wildman–Crippen MR) is 54.9 cm³/mol. The first-order valence-corrected chi connectivity index (χ1v) is 4.73. The second kappa shape index (κ2) is 3.95. The van der Waals surface area contributed by atoms with E-state index < -0.39 is 0 Å². The van der Waals surface area contributed by atoms with Crippen molar-refractivity contribution in [3.8, 4) is 0 Å². The maximum Gasteiger partial charge on any atom is 0.0348 e. The fraction of sp³-hybridized carbons (Fsp3) is 0.455. The van der Waals surface area contributed by atoms with E-state index in [1.54, 1.807) is 0 Å². The molecule has 0 aliphatic carbocycles. The van der Waals surface area contributed by atoms with Crippen LogP contribution in [-0.4, -0.2) is 5.38 Å². The number of aryl methyl sites for hydroxylation is 2. The van der Waals surface area contributed by atoms with Crippen molar-refractivity contribution in [2.24, 2.45) is 0 Å². The molecule has 1 aromatic carbocycles. The summed E-state index contributed by atoms with van der Waals surface area (Å²) in [6, 6.07) is 6.51. The first kappa shape index (κ1) is 9.60. The SMILES string of the molecule is Cc1ccc(CC(C)Cl)c(C)c1. The topological polar surface area (TPSA) is 0 Å². The molecule has 1 unspecified atom stereocenters. The molecule has 0 bridgehead atoms. The Hall–Kier alpha value is -0.490. The van der Waals surface area contributed by atoms with Gasteiger partial charge in [0.1, 0.15) is 0 Å². The molecule has 0 fully saturated rings. The van der Waals surface area contributed by atoms with E-state index in [0.29, 0.717) is 0 Å². The van der Waals surface area contributed by atoms with E-state index in [-0.39, 0.29) is 5.38 Å². The normalized spacial score (nSPS) is 13.0. The van der Waals surface area contributed by atoms with Crippen LogP contribution in [0.15, 0.2) is 18.2 Å². The van der Waals surface area contributed by atoms with Gasteiger partial charge < -0.3 is 0 Å². The minimum absolute atomic E-state index is 0.228. The lowest BCUT2D eigenvalue weighted by Gasteiger charge is -2.07. The molecule has 0 saturated heterocycles. The van der Waals surface area contributed by atoms with Gasteiger partial charge in [-0.1, -0.05) is 23.8 Å². The Morgan fingerprint density at radius 2 is 2.00 bits per heavy atom. The van der Waals surface area contributed by atoms with Crippen LogP contribution in [0.25, 0.3) is 0 Å². The molecular formula is C11H15Cl. The minimum atomic E-state index is 0.228. The highest BCUT2D eigenvalue weighted by atomic mass is 35.5. The minimum Gasteiger partial charge on any atom is -0.123 e. The third kappa shape index (κ3) is 2.53. The standard InChI is InChI=1S/C11H15Cl/c1-8-4-5-11(7-10(3)12)9(2)6-8/h4-6,10H,7H2,1-3H3. The maximum atomic E-state index is 5.92. The second-order valence-electron chi connectivity index (χ2n) is 3.41. The van der Waals surface area contributed by atoms with Crippen LogP contribution >= 0.6 is 11.6 Å². The van der Waals surface area contributed by atoms with Crippen LogP contribution in [-0.2, 0) is 6.42 Å². The zero-order valence-corrected chi connectivity index (χ0v) is 8.65. The predicted octanol–water partition coefficient (Wildman–Crippen LogP) is 3.47. The fourth-order valence-corrected chi connectivity index (χ4v) is 1.54. The smallest absolute Gasteiger partial charge is 0.0348 e. The summed E-state index contributed by atoms with van der Waals surface area (Å²) < 4.78 is 0. The molecule has 0 aromatic heterocycles. The summed E-state index contributed by atoms with van der Waals surface area (Å²) in [5, 5.41) is 0.228. The largest absolute Gasteiger partial charge is 0.123 e.